The Morgan fingerprint density at radius 3 is 1.70 bits per heavy atom. The lowest BCUT2D eigenvalue weighted by Gasteiger charge is -2.06. The molecule has 0 aliphatic carbocycles. The fourth-order valence-corrected chi connectivity index (χ4v) is 2.83. The van der Waals surface area contributed by atoms with Crippen LogP contribution in [0.5, 0.6) is 5.75 Å². The van der Waals surface area contributed by atoms with Gasteiger partial charge in [0.25, 0.3) is 0 Å². The number of ether oxygens (including phenoxy) is 1. The summed E-state index contributed by atoms with van der Waals surface area (Å²) < 4.78 is 5.82. The molecule has 0 unspecified atom stereocenters. The van der Waals surface area contributed by atoms with E-state index in [4.69, 9.17) is 10.00 Å². The van der Waals surface area contributed by atoms with Crippen LogP contribution < -0.4 is 4.74 Å². The van der Waals surface area contributed by atoms with Crippen molar-refractivity contribution in [3.8, 4) is 23.7 Å². The zero-order valence-electron chi connectivity index (χ0n) is 16.3. The molecule has 0 saturated carbocycles. The van der Waals surface area contributed by atoms with Gasteiger partial charge in [0.1, 0.15) is 5.75 Å². The topological polar surface area (TPSA) is 33.0 Å². The van der Waals surface area contributed by atoms with E-state index in [2.05, 4.69) is 24.8 Å². The molecule has 27 heavy (non-hydrogen) atoms. The van der Waals surface area contributed by atoms with Gasteiger partial charge in [0, 0.05) is 11.1 Å². The molecule has 2 aromatic rings. The largest absolute Gasteiger partial charge is 0.494 e. The van der Waals surface area contributed by atoms with E-state index in [9.17, 15) is 0 Å². The summed E-state index contributed by atoms with van der Waals surface area (Å²) in [7, 11) is 0. The predicted molar refractivity (Wildman–Crippen MR) is 112 cm³/mol. The Kier molecular flexibility index (Phi) is 9.62. The SMILES string of the molecule is CCCCCCCCCCOc1ccc(C#Cc2ccc(C#N)cc2)cc1. The fourth-order valence-electron chi connectivity index (χ4n) is 2.83. The average molecular weight is 360 g/mol. The normalized spacial score (nSPS) is 9.93. The van der Waals surface area contributed by atoms with Crippen molar-refractivity contribution in [3.05, 3.63) is 65.2 Å². The minimum absolute atomic E-state index is 0.651. The van der Waals surface area contributed by atoms with Crippen molar-refractivity contribution >= 4 is 0 Å². The van der Waals surface area contributed by atoms with E-state index >= 15 is 0 Å². The van der Waals surface area contributed by atoms with Crippen molar-refractivity contribution in [3.63, 3.8) is 0 Å². The molecule has 0 aromatic heterocycles. The van der Waals surface area contributed by atoms with Gasteiger partial charge in [-0.25, -0.2) is 0 Å². The van der Waals surface area contributed by atoms with E-state index in [0.717, 1.165) is 29.9 Å². The van der Waals surface area contributed by atoms with Gasteiger partial charge in [0.05, 0.1) is 18.2 Å². The van der Waals surface area contributed by atoms with Gasteiger partial charge in [-0.1, -0.05) is 63.7 Å². The molecule has 0 radical (unpaired) electrons. The molecular formula is C25H29NO. The molecule has 0 spiro atoms. The average Bonchev–Trinajstić information content (AvgIpc) is 2.72. The summed E-state index contributed by atoms with van der Waals surface area (Å²) in [6, 6.07) is 17.3. The van der Waals surface area contributed by atoms with Crippen LogP contribution in [0.3, 0.4) is 0 Å². The van der Waals surface area contributed by atoms with Crippen molar-refractivity contribution in [2.24, 2.45) is 0 Å². The minimum atomic E-state index is 0.651. The predicted octanol–water partition coefficient (Wildman–Crippen LogP) is 6.48. The molecule has 2 rings (SSSR count). The highest BCUT2D eigenvalue weighted by atomic mass is 16.5. The van der Waals surface area contributed by atoms with Gasteiger partial charge >= 0.3 is 0 Å². The Labute approximate surface area is 164 Å². The summed E-state index contributed by atoms with van der Waals surface area (Å²) in [5.74, 6) is 7.16. The van der Waals surface area contributed by atoms with Crippen LogP contribution in [0.1, 0.15) is 75.0 Å². The fraction of sp³-hybridized carbons (Fsp3) is 0.400. The van der Waals surface area contributed by atoms with E-state index in [-0.39, 0.29) is 0 Å². The summed E-state index contributed by atoms with van der Waals surface area (Å²) in [5, 5.41) is 8.81. The van der Waals surface area contributed by atoms with Gasteiger partial charge in [0.15, 0.2) is 0 Å². The molecule has 0 N–H and O–H groups in total. The Morgan fingerprint density at radius 2 is 1.15 bits per heavy atom. The van der Waals surface area contributed by atoms with E-state index in [1.165, 1.54) is 44.9 Å². The first-order valence-corrected chi connectivity index (χ1v) is 10.1. The Bertz CT molecular complexity index is 757. The summed E-state index contributed by atoms with van der Waals surface area (Å²) in [6.07, 6.45) is 10.5. The second kappa shape index (κ2) is 12.6. The zero-order chi connectivity index (χ0) is 19.2. The van der Waals surface area contributed by atoms with Crippen LogP contribution in [0.2, 0.25) is 0 Å². The molecular weight excluding hydrogens is 330 g/mol. The molecule has 0 aliphatic heterocycles. The van der Waals surface area contributed by atoms with Crippen molar-refractivity contribution < 1.29 is 4.74 Å². The summed E-state index contributed by atoms with van der Waals surface area (Å²) >= 11 is 0. The van der Waals surface area contributed by atoms with Crippen LogP contribution in [0.15, 0.2) is 48.5 Å². The number of unbranched alkanes of at least 4 members (excludes halogenated alkanes) is 7. The highest BCUT2D eigenvalue weighted by molar-refractivity contribution is 5.45. The molecule has 2 heteroatoms. The third-order valence-electron chi connectivity index (χ3n) is 4.49. The van der Waals surface area contributed by atoms with Crippen molar-refractivity contribution in [2.45, 2.75) is 58.3 Å². The lowest BCUT2D eigenvalue weighted by atomic mass is 10.1. The molecule has 0 bridgehead atoms. The molecule has 0 atom stereocenters. The minimum Gasteiger partial charge on any atom is -0.494 e. The maximum atomic E-state index is 8.81. The van der Waals surface area contributed by atoms with Crippen LogP contribution in [0, 0.1) is 23.2 Å². The third kappa shape index (κ3) is 8.48. The first kappa shape index (κ1) is 20.6. The van der Waals surface area contributed by atoms with Crippen LogP contribution in [0.4, 0.5) is 0 Å². The van der Waals surface area contributed by atoms with Gasteiger partial charge in [-0.2, -0.15) is 5.26 Å². The van der Waals surface area contributed by atoms with Gasteiger partial charge in [-0.3, -0.25) is 0 Å². The Balaban J connectivity index is 1.66. The maximum Gasteiger partial charge on any atom is 0.119 e. The van der Waals surface area contributed by atoms with E-state index in [1.54, 1.807) is 12.1 Å². The smallest absolute Gasteiger partial charge is 0.119 e. The van der Waals surface area contributed by atoms with Crippen LogP contribution in [-0.4, -0.2) is 6.61 Å². The maximum absolute atomic E-state index is 8.81. The second-order valence-electron chi connectivity index (χ2n) is 6.79. The summed E-state index contributed by atoms with van der Waals surface area (Å²) in [4.78, 5) is 0. The lowest BCUT2D eigenvalue weighted by molar-refractivity contribution is 0.304. The molecule has 2 aromatic carbocycles. The number of nitrogens with zero attached hydrogens (tertiary/aromatic N) is 1. The first-order chi connectivity index (χ1) is 13.3. The zero-order valence-corrected chi connectivity index (χ0v) is 16.3. The van der Waals surface area contributed by atoms with Crippen molar-refractivity contribution in [1.29, 1.82) is 5.26 Å². The molecule has 0 fully saturated rings. The quantitative estimate of drug-likeness (QED) is 0.359. The summed E-state index contributed by atoms with van der Waals surface area (Å²) in [5.41, 5.74) is 2.52. The molecule has 0 aliphatic rings. The molecule has 2 nitrogen and oxygen atoms in total. The van der Waals surface area contributed by atoms with Crippen LogP contribution >= 0.6 is 0 Å². The molecule has 0 amide bonds. The molecule has 0 heterocycles. The standard InChI is InChI=1S/C25H29NO/c1-2-3-4-5-6-7-8-9-20-27-25-18-16-23(17-19-25)11-10-22-12-14-24(21-26)15-13-22/h12-19H,2-9,20H2,1H3. The van der Waals surface area contributed by atoms with Crippen molar-refractivity contribution in [2.75, 3.05) is 6.61 Å². The highest BCUT2D eigenvalue weighted by Gasteiger charge is 1.96. The number of rotatable bonds is 10. The molecule has 140 valence electrons. The number of hydrogen-bond acceptors (Lipinski definition) is 2. The van der Waals surface area contributed by atoms with E-state index in [0.29, 0.717) is 5.56 Å². The van der Waals surface area contributed by atoms with Crippen LogP contribution in [-0.2, 0) is 0 Å². The number of hydrogen-bond donors (Lipinski definition) is 0. The van der Waals surface area contributed by atoms with Crippen molar-refractivity contribution in [1.82, 2.24) is 0 Å². The summed E-state index contributed by atoms with van der Waals surface area (Å²) in [6.45, 7) is 3.04. The Hall–Kier alpha value is -2.71. The van der Waals surface area contributed by atoms with Gasteiger partial charge in [-0.15, -0.1) is 0 Å². The van der Waals surface area contributed by atoms with Gasteiger partial charge in [-0.05, 0) is 55.0 Å². The van der Waals surface area contributed by atoms with Gasteiger partial charge in [0.2, 0.25) is 0 Å². The van der Waals surface area contributed by atoms with E-state index < -0.39 is 0 Å². The lowest BCUT2D eigenvalue weighted by Crippen LogP contribution is -1.97. The van der Waals surface area contributed by atoms with E-state index in [1.807, 2.05) is 36.4 Å². The molecule has 0 saturated heterocycles. The second-order valence-corrected chi connectivity index (χ2v) is 6.79. The monoisotopic (exact) mass is 359 g/mol. The first-order valence-electron chi connectivity index (χ1n) is 10.1. The third-order valence-corrected chi connectivity index (χ3v) is 4.49. The Morgan fingerprint density at radius 1 is 0.667 bits per heavy atom. The van der Waals surface area contributed by atoms with Crippen LogP contribution in [0.25, 0.3) is 0 Å². The highest BCUT2D eigenvalue weighted by Crippen LogP contribution is 2.13. The number of benzene rings is 2. The van der Waals surface area contributed by atoms with Gasteiger partial charge < -0.3 is 4.74 Å². The number of nitriles is 1.